The summed E-state index contributed by atoms with van der Waals surface area (Å²) >= 11 is 0. The lowest BCUT2D eigenvalue weighted by Gasteiger charge is -2.42. The largest absolute Gasteiger partial charge is 0.496 e. The second-order valence-electron chi connectivity index (χ2n) is 7.73. The zero-order valence-corrected chi connectivity index (χ0v) is 17.8. The number of hydrogen-bond acceptors (Lipinski definition) is 5. The first-order valence-electron chi connectivity index (χ1n) is 10.5. The normalized spacial score (nSPS) is 22.6. The monoisotopic (exact) mass is 417 g/mol. The molecule has 2 fully saturated rings. The molecule has 1 aromatic carbocycles. The number of rotatable bonds is 7. The molecule has 2 atom stereocenters. The number of carbonyl (C=O) groups excluding carboxylic acids is 3. The molecule has 0 aromatic heterocycles. The maximum atomic E-state index is 13.6. The second kappa shape index (κ2) is 10.4. The van der Waals surface area contributed by atoms with Crippen molar-refractivity contribution in [1.29, 1.82) is 0 Å². The van der Waals surface area contributed by atoms with E-state index in [1.165, 1.54) is 0 Å². The average Bonchev–Trinajstić information content (AvgIpc) is 3.03. The Bertz CT molecular complexity index is 756. The molecule has 0 bridgehead atoms. The molecule has 0 saturated carbocycles. The molecule has 8 heteroatoms. The van der Waals surface area contributed by atoms with Gasteiger partial charge in [-0.25, -0.2) is 0 Å². The molecule has 2 aliphatic heterocycles. The van der Waals surface area contributed by atoms with Gasteiger partial charge in [-0.1, -0.05) is 18.2 Å². The van der Waals surface area contributed by atoms with Crippen LogP contribution in [0.1, 0.15) is 30.9 Å². The van der Waals surface area contributed by atoms with Gasteiger partial charge in [-0.05, 0) is 18.9 Å². The van der Waals surface area contributed by atoms with Crippen LogP contribution in [-0.4, -0.2) is 86.5 Å². The standard InChI is InChI=1S/C22H31N3O5/c1-29-15-14-25-20(27)9-8-18(21(25)17-6-3-4-7-19(17)30-2)22(28)24-11-5-10-23(16-26)12-13-24/h3-4,6-7,16,18,21H,5,8-15H2,1-2H3/t18-,21+/m1/s1. The molecule has 2 heterocycles. The van der Waals surface area contributed by atoms with Crippen LogP contribution in [-0.2, 0) is 19.1 Å². The number of piperidine rings is 1. The number of ether oxygens (including phenoxy) is 2. The predicted molar refractivity (Wildman–Crippen MR) is 111 cm³/mol. The van der Waals surface area contributed by atoms with Gasteiger partial charge >= 0.3 is 0 Å². The zero-order valence-electron chi connectivity index (χ0n) is 17.8. The van der Waals surface area contributed by atoms with Crippen LogP contribution < -0.4 is 4.74 Å². The molecule has 2 aliphatic rings. The van der Waals surface area contributed by atoms with Gasteiger partial charge in [-0.3, -0.25) is 14.4 Å². The molecule has 3 amide bonds. The van der Waals surface area contributed by atoms with Crippen molar-refractivity contribution in [3.05, 3.63) is 29.8 Å². The van der Waals surface area contributed by atoms with E-state index in [9.17, 15) is 14.4 Å². The highest BCUT2D eigenvalue weighted by molar-refractivity contribution is 5.85. The van der Waals surface area contributed by atoms with Crippen LogP contribution in [0.25, 0.3) is 0 Å². The number of carbonyl (C=O) groups is 3. The Morgan fingerprint density at radius 3 is 2.70 bits per heavy atom. The summed E-state index contributed by atoms with van der Waals surface area (Å²) in [5.41, 5.74) is 0.840. The Hall–Kier alpha value is -2.61. The Morgan fingerprint density at radius 1 is 1.17 bits per heavy atom. The van der Waals surface area contributed by atoms with Crippen molar-refractivity contribution in [3.63, 3.8) is 0 Å². The van der Waals surface area contributed by atoms with E-state index in [4.69, 9.17) is 9.47 Å². The van der Waals surface area contributed by atoms with E-state index in [0.717, 1.165) is 18.4 Å². The molecule has 2 saturated heterocycles. The van der Waals surface area contributed by atoms with Crippen molar-refractivity contribution < 1.29 is 23.9 Å². The fourth-order valence-corrected chi connectivity index (χ4v) is 4.46. The fraction of sp³-hybridized carbons (Fsp3) is 0.591. The maximum absolute atomic E-state index is 13.6. The third-order valence-electron chi connectivity index (χ3n) is 6.01. The topological polar surface area (TPSA) is 79.4 Å². The highest BCUT2D eigenvalue weighted by atomic mass is 16.5. The summed E-state index contributed by atoms with van der Waals surface area (Å²) < 4.78 is 10.8. The number of likely N-dealkylation sites (tertiary alicyclic amines) is 1. The Balaban J connectivity index is 1.92. The quantitative estimate of drug-likeness (QED) is 0.625. The van der Waals surface area contributed by atoms with Crippen molar-refractivity contribution >= 4 is 18.2 Å². The predicted octanol–water partition coefficient (Wildman–Crippen LogP) is 1.31. The van der Waals surface area contributed by atoms with Crippen LogP contribution in [0.2, 0.25) is 0 Å². The van der Waals surface area contributed by atoms with Gasteiger partial charge in [-0.2, -0.15) is 0 Å². The van der Waals surface area contributed by atoms with Gasteiger partial charge in [0.25, 0.3) is 0 Å². The molecule has 0 unspecified atom stereocenters. The van der Waals surface area contributed by atoms with E-state index >= 15 is 0 Å². The van der Waals surface area contributed by atoms with E-state index in [1.807, 2.05) is 29.2 Å². The van der Waals surface area contributed by atoms with Crippen LogP contribution >= 0.6 is 0 Å². The molecule has 164 valence electrons. The average molecular weight is 418 g/mol. The van der Waals surface area contributed by atoms with Crippen molar-refractivity contribution in [2.45, 2.75) is 25.3 Å². The summed E-state index contributed by atoms with van der Waals surface area (Å²) in [6.45, 7) is 3.14. The smallest absolute Gasteiger partial charge is 0.228 e. The van der Waals surface area contributed by atoms with Crippen molar-refractivity contribution in [2.75, 3.05) is 53.6 Å². The van der Waals surface area contributed by atoms with Crippen molar-refractivity contribution in [2.24, 2.45) is 5.92 Å². The van der Waals surface area contributed by atoms with E-state index < -0.39 is 6.04 Å². The maximum Gasteiger partial charge on any atom is 0.228 e. The van der Waals surface area contributed by atoms with Gasteiger partial charge < -0.3 is 24.2 Å². The second-order valence-corrected chi connectivity index (χ2v) is 7.73. The summed E-state index contributed by atoms with van der Waals surface area (Å²) in [7, 11) is 3.20. The van der Waals surface area contributed by atoms with Gasteiger partial charge in [-0.15, -0.1) is 0 Å². The van der Waals surface area contributed by atoms with E-state index in [0.29, 0.717) is 57.9 Å². The first-order valence-corrected chi connectivity index (χ1v) is 10.5. The minimum absolute atomic E-state index is 0.0232. The Morgan fingerprint density at radius 2 is 1.97 bits per heavy atom. The third kappa shape index (κ3) is 4.75. The summed E-state index contributed by atoms with van der Waals surface area (Å²) in [6, 6.07) is 7.17. The van der Waals surface area contributed by atoms with Crippen molar-refractivity contribution in [1.82, 2.24) is 14.7 Å². The highest BCUT2D eigenvalue weighted by Crippen LogP contribution is 2.41. The van der Waals surface area contributed by atoms with Gasteiger partial charge in [0.05, 0.1) is 25.7 Å². The van der Waals surface area contributed by atoms with Crippen LogP contribution in [0.4, 0.5) is 0 Å². The molecule has 0 spiro atoms. The molecular formula is C22H31N3O5. The molecule has 0 radical (unpaired) electrons. The van der Waals surface area contributed by atoms with Gasteiger partial charge in [0.15, 0.2) is 0 Å². The van der Waals surface area contributed by atoms with Gasteiger partial charge in [0, 0.05) is 51.8 Å². The molecule has 30 heavy (non-hydrogen) atoms. The number of benzene rings is 1. The van der Waals surface area contributed by atoms with E-state index in [1.54, 1.807) is 24.0 Å². The molecular weight excluding hydrogens is 386 g/mol. The van der Waals surface area contributed by atoms with Crippen LogP contribution in [0.15, 0.2) is 24.3 Å². The lowest BCUT2D eigenvalue weighted by molar-refractivity contribution is -0.148. The lowest BCUT2D eigenvalue weighted by atomic mass is 9.82. The molecule has 0 aliphatic carbocycles. The fourth-order valence-electron chi connectivity index (χ4n) is 4.46. The summed E-state index contributed by atoms with van der Waals surface area (Å²) in [5, 5.41) is 0. The first kappa shape index (κ1) is 22.1. The van der Waals surface area contributed by atoms with E-state index in [-0.39, 0.29) is 17.7 Å². The summed E-state index contributed by atoms with van der Waals surface area (Å²) in [5.74, 6) is 0.364. The Labute approximate surface area is 177 Å². The number of nitrogens with zero attached hydrogens (tertiary/aromatic N) is 3. The van der Waals surface area contributed by atoms with Crippen molar-refractivity contribution in [3.8, 4) is 5.75 Å². The molecule has 1 aromatic rings. The highest BCUT2D eigenvalue weighted by Gasteiger charge is 2.43. The number of para-hydroxylation sites is 1. The van der Waals surface area contributed by atoms with Crippen LogP contribution in [0, 0.1) is 5.92 Å². The number of methoxy groups -OCH3 is 2. The first-order chi connectivity index (χ1) is 14.6. The van der Waals surface area contributed by atoms with E-state index in [2.05, 4.69) is 0 Å². The number of hydrogen-bond donors (Lipinski definition) is 0. The van der Waals surface area contributed by atoms with Gasteiger partial charge in [0.1, 0.15) is 5.75 Å². The Kier molecular flexibility index (Phi) is 7.68. The van der Waals surface area contributed by atoms with Crippen LogP contribution in [0.5, 0.6) is 5.75 Å². The van der Waals surface area contributed by atoms with Crippen LogP contribution in [0.3, 0.4) is 0 Å². The minimum Gasteiger partial charge on any atom is -0.496 e. The molecule has 0 N–H and O–H groups in total. The minimum atomic E-state index is -0.407. The summed E-state index contributed by atoms with van der Waals surface area (Å²) in [6.07, 6.45) is 2.43. The SMILES string of the molecule is COCCN1C(=O)CC[C@@H](C(=O)N2CCCN(C=O)CC2)[C@@H]1c1ccccc1OC. The molecule has 8 nitrogen and oxygen atoms in total. The number of amides is 3. The third-order valence-corrected chi connectivity index (χ3v) is 6.01. The zero-order chi connectivity index (χ0) is 21.5. The lowest BCUT2D eigenvalue weighted by Crippen LogP contribution is -2.50. The summed E-state index contributed by atoms with van der Waals surface area (Å²) in [4.78, 5) is 42.9. The van der Waals surface area contributed by atoms with Gasteiger partial charge in [0.2, 0.25) is 18.2 Å². The molecule has 3 rings (SSSR count).